The first-order valence-electron chi connectivity index (χ1n) is 7.52. The minimum Gasteiger partial charge on any atom is -0.491 e. The van der Waals surface area contributed by atoms with Crippen molar-refractivity contribution >= 4 is 5.71 Å². The highest BCUT2D eigenvalue weighted by molar-refractivity contribution is 5.78. The molecule has 0 saturated heterocycles. The fraction of sp³-hybridized carbons (Fsp3) is 0.588. The Balaban J connectivity index is 2.52. The summed E-state index contributed by atoms with van der Waals surface area (Å²) < 4.78 is 11.6. The van der Waals surface area contributed by atoms with Gasteiger partial charge in [-0.05, 0) is 65.3 Å². The van der Waals surface area contributed by atoms with Crippen LogP contribution in [0.4, 0.5) is 0 Å². The van der Waals surface area contributed by atoms with Gasteiger partial charge in [0.2, 0.25) is 0 Å². The summed E-state index contributed by atoms with van der Waals surface area (Å²) in [6.07, 6.45) is 1.01. The molecule has 1 aromatic rings. The Kier molecular flexibility index (Phi) is 7.06. The lowest BCUT2D eigenvalue weighted by Crippen LogP contribution is -2.27. The first-order chi connectivity index (χ1) is 9.92. The molecule has 0 heterocycles. The van der Waals surface area contributed by atoms with Crippen molar-refractivity contribution in [1.82, 2.24) is 0 Å². The molecule has 0 fully saturated rings. The van der Waals surface area contributed by atoms with Crippen LogP contribution in [0.5, 0.6) is 11.5 Å². The van der Waals surface area contributed by atoms with Gasteiger partial charge in [-0.25, -0.2) is 0 Å². The molecule has 0 bridgehead atoms. The third-order valence-corrected chi connectivity index (χ3v) is 3.12. The number of benzene rings is 1. The predicted octanol–water partition coefficient (Wildman–Crippen LogP) is 4.43. The van der Waals surface area contributed by atoms with E-state index in [2.05, 4.69) is 19.0 Å². The zero-order chi connectivity index (χ0) is 15.8. The van der Waals surface area contributed by atoms with Gasteiger partial charge in [-0.3, -0.25) is 0 Å². The zero-order valence-electron chi connectivity index (χ0n) is 13.9. The largest absolute Gasteiger partial charge is 0.491 e. The number of nitrogens with zero attached hydrogens (tertiary/aromatic N) is 1. The molecule has 0 aliphatic heterocycles. The second-order valence-corrected chi connectivity index (χ2v) is 5.48. The first-order valence-corrected chi connectivity index (χ1v) is 7.52. The predicted molar refractivity (Wildman–Crippen MR) is 86.2 cm³/mol. The van der Waals surface area contributed by atoms with E-state index in [9.17, 15) is 0 Å². The molecule has 1 rings (SSSR count). The Morgan fingerprint density at radius 1 is 0.952 bits per heavy atom. The van der Waals surface area contributed by atoms with Gasteiger partial charge in [-0.1, -0.05) is 12.1 Å². The van der Waals surface area contributed by atoms with Crippen molar-refractivity contribution in [2.24, 2.45) is 5.16 Å². The fourth-order valence-electron chi connectivity index (χ4n) is 1.50. The zero-order valence-corrected chi connectivity index (χ0v) is 13.9. The molecule has 0 aromatic heterocycles. The van der Waals surface area contributed by atoms with E-state index in [1.165, 1.54) is 0 Å². The molecular formula is C17H27NO3. The number of ether oxygens (including phenoxy) is 2. The maximum absolute atomic E-state index is 5.84. The summed E-state index contributed by atoms with van der Waals surface area (Å²) in [7, 11) is 0. The summed E-state index contributed by atoms with van der Waals surface area (Å²) in [6.45, 7) is 11.9. The smallest absolute Gasteiger partial charge is 0.161 e. The highest BCUT2D eigenvalue weighted by Crippen LogP contribution is 2.21. The molecule has 21 heavy (non-hydrogen) atoms. The van der Waals surface area contributed by atoms with Crippen molar-refractivity contribution in [2.45, 2.75) is 66.3 Å². The van der Waals surface area contributed by atoms with Crippen molar-refractivity contribution in [2.75, 3.05) is 0 Å². The van der Waals surface area contributed by atoms with E-state index < -0.39 is 0 Å². The molecule has 1 aromatic carbocycles. The summed E-state index contributed by atoms with van der Waals surface area (Å²) in [5.41, 5.74) is 0.889. The van der Waals surface area contributed by atoms with E-state index in [1.807, 2.05) is 52.0 Å². The minimum atomic E-state index is -0.115. The monoisotopic (exact) mass is 293 g/mol. The molecule has 0 aliphatic rings. The van der Waals surface area contributed by atoms with Crippen LogP contribution in [0.3, 0.4) is 0 Å². The summed E-state index contributed by atoms with van der Waals surface area (Å²) >= 11 is 0. The third kappa shape index (κ3) is 6.52. The molecule has 118 valence electrons. The van der Waals surface area contributed by atoms with Crippen LogP contribution in [0.15, 0.2) is 29.4 Å². The van der Waals surface area contributed by atoms with Crippen LogP contribution in [0, 0.1) is 0 Å². The van der Waals surface area contributed by atoms with E-state index in [-0.39, 0.29) is 18.3 Å². The normalized spacial score (nSPS) is 14.8. The third-order valence-electron chi connectivity index (χ3n) is 3.12. The summed E-state index contributed by atoms with van der Waals surface area (Å²) in [5.74, 6) is 1.66. The van der Waals surface area contributed by atoms with Crippen LogP contribution in [0.25, 0.3) is 0 Å². The van der Waals surface area contributed by atoms with Gasteiger partial charge in [-0.15, -0.1) is 0 Å². The van der Waals surface area contributed by atoms with Crippen molar-refractivity contribution in [3.05, 3.63) is 24.3 Å². The van der Waals surface area contributed by atoms with Crippen LogP contribution in [-0.2, 0) is 4.84 Å². The summed E-state index contributed by atoms with van der Waals surface area (Å²) in [6, 6.07) is 7.67. The van der Waals surface area contributed by atoms with Crippen LogP contribution < -0.4 is 9.47 Å². The van der Waals surface area contributed by atoms with E-state index in [0.717, 1.165) is 23.6 Å². The average molecular weight is 293 g/mol. The maximum atomic E-state index is 5.84. The molecular weight excluding hydrogens is 266 g/mol. The van der Waals surface area contributed by atoms with Crippen LogP contribution >= 0.6 is 0 Å². The lowest BCUT2D eigenvalue weighted by molar-refractivity contribution is -0.00453. The number of oxime groups is 1. The van der Waals surface area contributed by atoms with E-state index in [1.54, 1.807) is 0 Å². The van der Waals surface area contributed by atoms with Crippen molar-refractivity contribution < 1.29 is 14.3 Å². The van der Waals surface area contributed by atoms with E-state index >= 15 is 0 Å². The molecule has 3 unspecified atom stereocenters. The SMILES string of the molecule is CCC(C)Oc1ccc(OC(C)C(C)ON=C(C)C)cc1. The molecule has 0 radical (unpaired) electrons. The van der Waals surface area contributed by atoms with Gasteiger partial charge in [0.15, 0.2) is 6.10 Å². The van der Waals surface area contributed by atoms with Crippen molar-refractivity contribution in [3.8, 4) is 11.5 Å². The topological polar surface area (TPSA) is 40.0 Å². The molecule has 0 amide bonds. The summed E-state index contributed by atoms with van der Waals surface area (Å²) in [4.78, 5) is 5.37. The first kappa shape index (κ1) is 17.3. The summed E-state index contributed by atoms with van der Waals surface area (Å²) in [5, 5.41) is 3.96. The van der Waals surface area contributed by atoms with Gasteiger partial charge in [0.1, 0.15) is 17.6 Å². The number of hydrogen-bond acceptors (Lipinski definition) is 4. The quantitative estimate of drug-likeness (QED) is 0.526. The van der Waals surface area contributed by atoms with Crippen LogP contribution in [0.2, 0.25) is 0 Å². The highest BCUT2D eigenvalue weighted by atomic mass is 16.7. The standard InChI is InChI=1S/C17H27NO3/c1-7-13(4)19-16-8-10-17(11-9-16)20-14(5)15(6)21-18-12(2)3/h8-11,13-15H,7H2,1-6H3. The molecule has 4 heteroatoms. The van der Waals surface area contributed by atoms with Crippen LogP contribution in [0.1, 0.15) is 48.0 Å². The lowest BCUT2D eigenvalue weighted by atomic mass is 10.2. The number of hydrogen-bond donors (Lipinski definition) is 0. The Morgan fingerprint density at radius 3 is 1.95 bits per heavy atom. The van der Waals surface area contributed by atoms with Gasteiger partial charge in [0, 0.05) is 0 Å². The van der Waals surface area contributed by atoms with Gasteiger partial charge < -0.3 is 14.3 Å². The van der Waals surface area contributed by atoms with Gasteiger partial charge in [0.05, 0.1) is 11.8 Å². The molecule has 4 nitrogen and oxygen atoms in total. The molecule has 0 saturated carbocycles. The fourth-order valence-corrected chi connectivity index (χ4v) is 1.50. The lowest BCUT2D eigenvalue weighted by Gasteiger charge is -2.20. The van der Waals surface area contributed by atoms with Gasteiger partial charge in [-0.2, -0.15) is 0 Å². The van der Waals surface area contributed by atoms with Gasteiger partial charge >= 0.3 is 0 Å². The van der Waals surface area contributed by atoms with E-state index in [4.69, 9.17) is 14.3 Å². The minimum absolute atomic E-state index is 0.0885. The Hall–Kier alpha value is -1.71. The van der Waals surface area contributed by atoms with Crippen LogP contribution in [-0.4, -0.2) is 24.0 Å². The maximum Gasteiger partial charge on any atom is 0.161 e. The van der Waals surface area contributed by atoms with Gasteiger partial charge in [0.25, 0.3) is 0 Å². The Morgan fingerprint density at radius 2 is 1.48 bits per heavy atom. The second-order valence-electron chi connectivity index (χ2n) is 5.48. The van der Waals surface area contributed by atoms with Crippen molar-refractivity contribution in [1.29, 1.82) is 0 Å². The molecule has 0 N–H and O–H groups in total. The molecule has 0 aliphatic carbocycles. The van der Waals surface area contributed by atoms with Crippen molar-refractivity contribution in [3.63, 3.8) is 0 Å². The average Bonchev–Trinajstić information content (AvgIpc) is 2.46. The Labute approximate surface area is 128 Å². The van der Waals surface area contributed by atoms with E-state index in [0.29, 0.717) is 0 Å². The molecule has 0 spiro atoms. The second kappa shape index (κ2) is 8.55. The number of rotatable bonds is 8. The molecule has 3 atom stereocenters. The highest BCUT2D eigenvalue weighted by Gasteiger charge is 2.15. The Bertz CT molecular complexity index is 438.